The van der Waals surface area contributed by atoms with Gasteiger partial charge >= 0.3 is 5.97 Å². The van der Waals surface area contributed by atoms with E-state index in [1.54, 1.807) is 24.5 Å². The fourth-order valence-corrected chi connectivity index (χ4v) is 3.16. The number of benzene rings is 2. The van der Waals surface area contributed by atoms with E-state index in [4.69, 9.17) is 20.8 Å². The van der Waals surface area contributed by atoms with Crippen molar-refractivity contribution in [2.45, 2.75) is 10.6 Å². The second kappa shape index (κ2) is 7.55. The Morgan fingerprint density at radius 3 is 2.71 bits per heavy atom. The summed E-state index contributed by atoms with van der Waals surface area (Å²) >= 11 is 7.39. The molecule has 0 spiro atoms. The Balaban J connectivity index is 1.72. The van der Waals surface area contributed by atoms with Crippen LogP contribution in [0.3, 0.4) is 0 Å². The van der Waals surface area contributed by atoms with E-state index >= 15 is 0 Å². The summed E-state index contributed by atoms with van der Waals surface area (Å²) in [5.74, 6) is 0.786. The van der Waals surface area contributed by atoms with E-state index < -0.39 is 0 Å². The van der Waals surface area contributed by atoms with E-state index in [1.165, 1.54) is 18.9 Å². The summed E-state index contributed by atoms with van der Waals surface area (Å²) in [6.07, 6.45) is 1.62. The number of hydrogen-bond donors (Lipinski definition) is 0. The zero-order valence-corrected chi connectivity index (χ0v) is 14.4. The van der Waals surface area contributed by atoms with Gasteiger partial charge in [0.1, 0.15) is 6.26 Å². The van der Waals surface area contributed by atoms with Gasteiger partial charge in [0.2, 0.25) is 5.89 Å². The number of carbonyl (C=O) groups excluding carboxylic acids is 1. The van der Waals surface area contributed by atoms with Crippen LogP contribution in [0.2, 0.25) is 5.02 Å². The largest absolute Gasteiger partial charge is 0.465 e. The van der Waals surface area contributed by atoms with Gasteiger partial charge in [-0.1, -0.05) is 23.7 Å². The van der Waals surface area contributed by atoms with Gasteiger partial charge in [-0.25, -0.2) is 9.78 Å². The Morgan fingerprint density at radius 1 is 1.21 bits per heavy atom. The van der Waals surface area contributed by atoms with Gasteiger partial charge < -0.3 is 9.15 Å². The molecule has 0 radical (unpaired) electrons. The Hall–Kier alpha value is -2.24. The average molecular weight is 360 g/mol. The molecule has 0 N–H and O–H groups in total. The van der Waals surface area contributed by atoms with Crippen molar-refractivity contribution in [1.29, 1.82) is 0 Å². The predicted molar refractivity (Wildman–Crippen MR) is 94.3 cm³/mol. The van der Waals surface area contributed by atoms with Gasteiger partial charge in [-0.3, -0.25) is 0 Å². The maximum Gasteiger partial charge on any atom is 0.338 e. The third-order valence-corrected chi connectivity index (χ3v) is 4.67. The van der Waals surface area contributed by atoms with Crippen LogP contribution >= 0.6 is 23.4 Å². The number of ether oxygens (including phenoxy) is 1. The quantitative estimate of drug-likeness (QED) is 0.470. The van der Waals surface area contributed by atoms with E-state index in [9.17, 15) is 4.79 Å². The summed E-state index contributed by atoms with van der Waals surface area (Å²) < 4.78 is 10.3. The van der Waals surface area contributed by atoms with Crippen molar-refractivity contribution in [2.24, 2.45) is 0 Å². The highest BCUT2D eigenvalue weighted by atomic mass is 35.5. The zero-order chi connectivity index (χ0) is 16.9. The number of methoxy groups -OCH3 is 1. The van der Waals surface area contributed by atoms with Crippen LogP contribution in [0.15, 0.2) is 64.1 Å². The summed E-state index contributed by atoms with van der Waals surface area (Å²) in [7, 11) is 1.37. The summed E-state index contributed by atoms with van der Waals surface area (Å²) in [5, 5.41) is 0.667. The Kier molecular flexibility index (Phi) is 5.23. The molecular formula is C18H14ClNO3S. The lowest BCUT2D eigenvalue weighted by Gasteiger charge is -2.05. The number of aromatic nitrogens is 1. The van der Waals surface area contributed by atoms with Crippen LogP contribution in [0.5, 0.6) is 0 Å². The molecule has 0 amide bonds. The standard InChI is InChI=1S/C18H14ClNO3S/c1-22-18(21)15-4-2-3-5-16(15)24-11-14-10-23-17(20-14)12-6-8-13(19)9-7-12/h2-10H,11H2,1H3. The van der Waals surface area contributed by atoms with Gasteiger partial charge in [0.15, 0.2) is 0 Å². The number of rotatable bonds is 5. The van der Waals surface area contributed by atoms with Crippen molar-refractivity contribution in [3.05, 3.63) is 71.1 Å². The summed E-state index contributed by atoms with van der Waals surface area (Å²) in [5.41, 5.74) is 2.21. The summed E-state index contributed by atoms with van der Waals surface area (Å²) in [4.78, 5) is 17.1. The lowest BCUT2D eigenvalue weighted by molar-refractivity contribution is 0.0597. The normalized spacial score (nSPS) is 10.6. The van der Waals surface area contributed by atoms with Crippen molar-refractivity contribution in [3.8, 4) is 11.5 Å². The second-order valence-electron chi connectivity index (χ2n) is 4.93. The minimum absolute atomic E-state index is 0.347. The molecule has 2 aromatic carbocycles. The fourth-order valence-electron chi connectivity index (χ4n) is 2.12. The number of thioether (sulfide) groups is 1. The number of halogens is 1. The summed E-state index contributed by atoms with van der Waals surface area (Å²) in [6, 6.07) is 14.6. The number of esters is 1. The van der Waals surface area contributed by atoms with E-state index in [0.717, 1.165) is 16.2 Å². The molecule has 122 valence electrons. The van der Waals surface area contributed by atoms with Gasteiger partial charge in [-0.15, -0.1) is 11.8 Å². The molecule has 0 aliphatic rings. The molecule has 1 heterocycles. The smallest absolute Gasteiger partial charge is 0.338 e. The first-order valence-electron chi connectivity index (χ1n) is 7.18. The first kappa shape index (κ1) is 16.6. The SMILES string of the molecule is COC(=O)c1ccccc1SCc1coc(-c2ccc(Cl)cc2)n1. The minimum Gasteiger partial charge on any atom is -0.465 e. The molecule has 0 saturated carbocycles. The predicted octanol–water partition coefficient (Wildman–Crippen LogP) is 5.07. The van der Waals surface area contributed by atoms with Crippen molar-refractivity contribution >= 4 is 29.3 Å². The molecule has 24 heavy (non-hydrogen) atoms. The van der Waals surface area contributed by atoms with Gasteiger partial charge in [-0.2, -0.15) is 0 Å². The molecule has 0 aliphatic heterocycles. The third-order valence-electron chi connectivity index (χ3n) is 3.31. The lowest BCUT2D eigenvalue weighted by atomic mass is 10.2. The highest BCUT2D eigenvalue weighted by molar-refractivity contribution is 7.98. The molecule has 0 unspecified atom stereocenters. The van der Waals surface area contributed by atoms with Crippen LogP contribution in [0.25, 0.3) is 11.5 Å². The van der Waals surface area contributed by atoms with Gasteiger partial charge in [0.05, 0.1) is 18.4 Å². The molecule has 3 rings (SSSR count). The molecule has 0 aliphatic carbocycles. The van der Waals surface area contributed by atoms with Gasteiger partial charge in [-0.05, 0) is 36.4 Å². The number of hydrogen-bond acceptors (Lipinski definition) is 5. The zero-order valence-electron chi connectivity index (χ0n) is 12.9. The maximum atomic E-state index is 11.8. The first-order chi connectivity index (χ1) is 11.7. The van der Waals surface area contributed by atoms with E-state index in [1.807, 2.05) is 30.3 Å². The highest BCUT2D eigenvalue weighted by Gasteiger charge is 2.13. The van der Waals surface area contributed by atoms with Crippen LogP contribution < -0.4 is 0 Å². The molecule has 3 aromatic rings. The van der Waals surface area contributed by atoms with Crippen LogP contribution in [0.1, 0.15) is 16.1 Å². The number of oxazole rings is 1. The Labute approximate surface area is 148 Å². The Morgan fingerprint density at radius 2 is 1.96 bits per heavy atom. The fraction of sp³-hybridized carbons (Fsp3) is 0.111. The molecule has 0 fully saturated rings. The van der Waals surface area contributed by atoms with Crippen LogP contribution in [-0.4, -0.2) is 18.1 Å². The van der Waals surface area contributed by atoms with Crippen LogP contribution in [0, 0.1) is 0 Å². The molecule has 4 nitrogen and oxygen atoms in total. The minimum atomic E-state index is -0.347. The summed E-state index contributed by atoms with van der Waals surface area (Å²) in [6.45, 7) is 0. The van der Waals surface area contributed by atoms with Crippen LogP contribution in [-0.2, 0) is 10.5 Å². The number of carbonyl (C=O) groups is 1. The topological polar surface area (TPSA) is 52.3 Å². The molecule has 0 saturated heterocycles. The lowest BCUT2D eigenvalue weighted by Crippen LogP contribution is -2.02. The van der Waals surface area contributed by atoms with Gasteiger partial charge in [0.25, 0.3) is 0 Å². The van der Waals surface area contributed by atoms with Crippen molar-refractivity contribution < 1.29 is 13.9 Å². The van der Waals surface area contributed by atoms with Gasteiger partial charge in [0, 0.05) is 21.2 Å². The first-order valence-corrected chi connectivity index (χ1v) is 8.54. The highest BCUT2D eigenvalue weighted by Crippen LogP contribution is 2.28. The molecule has 0 bridgehead atoms. The van der Waals surface area contributed by atoms with Crippen LogP contribution in [0.4, 0.5) is 0 Å². The van der Waals surface area contributed by atoms with Crippen molar-refractivity contribution in [3.63, 3.8) is 0 Å². The average Bonchev–Trinajstić information content (AvgIpc) is 3.09. The Bertz CT molecular complexity index is 845. The van der Waals surface area contributed by atoms with Crippen molar-refractivity contribution in [2.75, 3.05) is 7.11 Å². The molecule has 6 heteroatoms. The monoisotopic (exact) mass is 359 g/mol. The molecule has 0 atom stereocenters. The third kappa shape index (κ3) is 3.80. The second-order valence-corrected chi connectivity index (χ2v) is 6.38. The van der Waals surface area contributed by atoms with E-state index in [-0.39, 0.29) is 5.97 Å². The maximum absolute atomic E-state index is 11.8. The molecular weight excluding hydrogens is 346 g/mol. The molecule has 1 aromatic heterocycles. The number of nitrogens with zero attached hydrogens (tertiary/aromatic N) is 1. The van der Waals surface area contributed by atoms with Crippen molar-refractivity contribution in [1.82, 2.24) is 4.98 Å². The van der Waals surface area contributed by atoms with E-state index in [2.05, 4.69) is 4.98 Å². The van der Waals surface area contributed by atoms with E-state index in [0.29, 0.717) is 22.2 Å².